The van der Waals surface area contributed by atoms with Gasteiger partial charge in [-0.1, -0.05) is 0 Å². The minimum atomic E-state index is -0.0459. The highest BCUT2D eigenvalue weighted by molar-refractivity contribution is 5.81. The largest absolute Gasteiger partial charge is 0.352 e. The molecule has 1 rings (SSSR count). The maximum atomic E-state index is 11.8. The number of carbonyl (C=O) groups excluding carboxylic acids is 1. The number of nitrogens with two attached hydrogens (primary N) is 1. The van der Waals surface area contributed by atoms with E-state index in [1.165, 1.54) is 0 Å². The summed E-state index contributed by atoms with van der Waals surface area (Å²) in [6.07, 6.45) is 0. The maximum Gasteiger partial charge on any atom is 0.239 e. The molecule has 4 N–H and O–H groups in total. The van der Waals surface area contributed by atoms with Gasteiger partial charge in [-0.05, 0) is 27.7 Å². The molecule has 1 amide bonds. The van der Waals surface area contributed by atoms with E-state index in [1.807, 2.05) is 27.8 Å². The number of carbonyl (C=O) groups is 1. The number of nitrogen functional groups attached to an aromatic ring is 1. The fourth-order valence-electron chi connectivity index (χ4n) is 1.78. The fraction of sp³-hybridized carbons (Fsp3) is 0.583. The Morgan fingerprint density at radius 2 is 2.00 bits per heavy atom. The van der Waals surface area contributed by atoms with Crippen LogP contribution in [0.25, 0.3) is 0 Å². The summed E-state index contributed by atoms with van der Waals surface area (Å²) >= 11 is 0. The molecule has 0 saturated carbocycles. The lowest BCUT2D eigenvalue weighted by atomic mass is 10.3. The van der Waals surface area contributed by atoms with Crippen LogP contribution in [0.1, 0.15) is 25.2 Å². The van der Waals surface area contributed by atoms with Gasteiger partial charge in [-0.25, -0.2) is 15.8 Å². The van der Waals surface area contributed by atoms with Crippen LogP contribution in [-0.4, -0.2) is 35.5 Å². The second kappa shape index (κ2) is 6.33. The summed E-state index contributed by atoms with van der Waals surface area (Å²) in [6, 6.07) is 0.121. The second-order valence-electron chi connectivity index (χ2n) is 4.79. The van der Waals surface area contributed by atoms with Crippen LogP contribution in [0.5, 0.6) is 0 Å². The second-order valence-corrected chi connectivity index (χ2v) is 4.79. The topological polar surface area (TPSA) is 96.2 Å². The average molecular weight is 266 g/mol. The summed E-state index contributed by atoms with van der Waals surface area (Å²) in [7, 11) is 1.81. The van der Waals surface area contributed by atoms with Crippen molar-refractivity contribution in [1.82, 2.24) is 15.3 Å². The van der Waals surface area contributed by atoms with Gasteiger partial charge in [0, 0.05) is 18.7 Å². The van der Waals surface area contributed by atoms with E-state index in [2.05, 4.69) is 20.7 Å². The van der Waals surface area contributed by atoms with Crippen LogP contribution < -0.4 is 21.5 Å². The molecule has 0 aliphatic heterocycles. The molecule has 0 aliphatic rings. The summed E-state index contributed by atoms with van der Waals surface area (Å²) in [6.45, 7) is 7.73. The molecule has 0 bridgehead atoms. The summed E-state index contributed by atoms with van der Waals surface area (Å²) in [5, 5.41) is 2.84. The highest BCUT2D eigenvalue weighted by Gasteiger charge is 2.15. The zero-order valence-corrected chi connectivity index (χ0v) is 12.1. The highest BCUT2D eigenvalue weighted by Crippen LogP contribution is 2.21. The Morgan fingerprint density at radius 1 is 1.37 bits per heavy atom. The number of hydrazine groups is 1. The molecule has 0 atom stereocenters. The first-order chi connectivity index (χ1) is 8.85. The molecule has 7 nitrogen and oxygen atoms in total. The Hall–Kier alpha value is -1.89. The van der Waals surface area contributed by atoms with Crippen molar-refractivity contribution in [2.75, 3.05) is 23.9 Å². The number of likely N-dealkylation sites (N-methyl/N-ethyl adjacent to an activating group) is 1. The predicted molar refractivity (Wildman–Crippen MR) is 75.9 cm³/mol. The van der Waals surface area contributed by atoms with Crippen LogP contribution in [0.15, 0.2) is 0 Å². The van der Waals surface area contributed by atoms with Gasteiger partial charge in [0.05, 0.1) is 6.54 Å². The molecule has 0 radical (unpaired) electrons. The Morgan fingerprint density at radius 3 is 2.53 bits per heavy atom. The minimum Gasteiger partial charge on any atom is -0.352 e. The van der Waals surface area contributed by atoms with Gasteiger partial charge in [-0.15, -0.1) is 0 Å². The summed E-state index contributed by atoms with van der Waals surface area (Å²) < 4.78 is 0. The molecular formula is C12H22N6O. The van der Waals surface area contributed by atoms with Gasteiger partial charge in [0.15, 0.2) is 0 Å². The molecular weight excluding hydrogens is 244 g/mol. The minimum absolute atomic E-state index is 0.0459. The van der Waals surface area contributed by atoms with Crippen LogP contribution in [0, 0.1) is 13.8 Å². The predicted octanol–water partition coefficient (Wildman–Crippen LogP) is 0.340. The standard InChI is InChI=1S/C12H22N6O/c1-7(2)14-10(19)6-18(5)12-8(3)11(17-13)15-9(4)16-12/h7H,6,13H2,1-5H3,(H,14,19)(H,15,16,17). The van der Waals surface area contributed by atoms with Gasteiger partial charge in [0.1, 0.15) is 17.5 Å². The summed E-state index contributed by atoms with van der Waals surface area (Å²) in [5.41, 5.74) is 3.35. The Bertz CT molecular complexity index is 460. The monoisotopic (exact) mass is 266 g/mol. The van der Waals surface area contributed by atoms with Crippen LogP contribution >= 0.6 is 0 Å². The van der Waals surface area contributed by atoms with Crippen molar-refractivity contribution in [3.63, 3.8) is 0 Å². The molecule has 0 spiro atoms. The number of aromatic nitrogens is 2. The number of hydrogen-bond acceptors (Lipinski definition) is 6. The van der Waals surface area contributed by atoms with Gasteiger partial charge < -0.3 is 15.6 Å². The molecule has 1 aromatic rings. The fourth-order valence-corrected chi connectivity index (χ4v) is 1.78. The van der Waals surface area contributed by atoms with Crippen molar-refractivity contribution in [2.24, 2.45) is 5.84 Å². The van der Waals surface area contributed by atoms with E-state index in [1.54, 1.807) is 11.8 Å². The van der Waals surface area contributed by atoms with E-state index in [-0.39, 0.29) is 18.5 Å². The van der Waals surface area contributed by atoms with Crippen LogP contribution in [0.3, 0.4) is 0 Å². The smallest absolute Gasteiger partial charge is 0.239 e. The molecule has 106 valence electrons. The summed E-state index contributed by atoms with van der Waals surface area (Å²) in [4.78, 5) is 22.1. The maximum absolute atomic E-state index is 11.8. The van der Waals surface area contributed by atoms with E-state index in [9.17, 15) is 4.79 Å². The lowest BCUT2D eigenvalue weighted by molar-refractivity contribution is -0.120. The van der Waals surface area contributed by atoms with Gasteiger partial charge in [-0.2, -0.15) is 0 Å². The van der Waals surface area contributed by atoms with Crippen molar-refractivity contribution in [3.8, 4) is 0 Å². The van der Waals surface area contributed by atoms with E-state index < -0.39 is 0 Å². The van der Waals surface area contributed by atoms with E-state index in [0.29, 0.717) is 17.5 Å². The third kappa shape index (κ3) is 4.06. The van der Waals surface area contributed by atoms with Gasteiger partial charge >= 0.3 is 0 Å². The van der Waals surface area contributed by atoms with Gasteiger partial charge in [-0.3, -0.25) is 4.79 Å². The number of rotatable bonds is 5. The number of aryl methyl sites for hydroxylation is 1. The van der Waals surface area contributed by atoms with Crippen LogP contribution in [-0.2, 0) is 4.79 Å². The lowest BCUT2D eigenvalue weighted by Crippen LogP contribution is -2.39. The Kier molecular flexibility index (Phi) is 5.05. The third-order valence-corrected chi connectivity index (χ3v) is 2.56. The van der Waals surface area contributed by atoms with Crippen molar-refractivity contribution in [1.29, 1.82) is 0 Å². The number of nitrogens with zero attached hydrogens (tertiary/aromatic N) is 3. The van der Waals surface area contributed by atoms with E-state index in [4.69, 9.17) is 5.84 Å². The molecule has 0 aromatic carbocycles. The Balaban J connectivity index is 2.90. The zero-order valence-electron chi connectivity index (χ0n) is 12.1. The third-order valence-electron chi connectivity index (χ3n) is 2.56. The number of hydrogen-bond donors (Lipinski definition) is 3. The quantitative estimate of drug-likeness (QED) is 0.525. The average Bonchev–Trinajstić information content (AvgIpc) is 2.30. The first kappa shape index (κ1) is 15.2. The zero-order chi connectivity index (χ0) is 14.6. The normalized spacial score (nSPS) is 10.5. The molecule has 0 fully saturated rings. The van der Waals surface area contributed by atoms with Gasteiger partial charge in [0.2, 0.25) is 5.91 Å². The van der Waals surface area contributed by atoms with E-state index in [0.717, 1.165) is 5.56 Å². The van der Waals surface area contributed by atoms with Crippen molar-refractivity contribution in [2.45, 2.75) is 33.7 Å². The summed E-state index contributed by atoms with van der Waals surface area (Å²) in [5.74, 6) is 7.24. The highest BCUT2D eigenvalue weighted by atomic mass is 16.2. The van der Waals surface area contributed by atoms with E-state index >= 15 is 0 Å². The SMILES string of the molecule is Cc1nc(NN)c(C)c(N(C)CC(=O)NC(C)C)n1. The number of amides is 1. The number of nitrogens with one attached hydrogen (secondary N) is 2. The van der Waals surface area contributed by atoms with Crippen molar-refractivity contribution >= 4 is 17.5 Å². The lowest BCUT2D eigenvalue weighted by Gasteiger charge is -2.21. The molecule has 19 heavy (non-hydrogen) atoms. The molecule has 7 heteroatoms. The molecule has 0 aliphatic carbocycles. The molecule has 0 saturated heterocycles. The van der Waals surface area contributed by atoms with Crippen molar-refractivity contribution < 1.29 is 4.79 Å². The van der Waals surface area contributed by atoms with Crippen LogP contribution in [0.4, 0.5) is 11.6 Å². The first-order valence-electron chi connectivity index (χ1n) is 6.17. The van der Waals surface area contributed by atoms with Crippen LogP contribution in [0.2, 0.25) is 0 Å². The molecule has 0 unspecified atom stereocenters. The van der Waals surface area contributed by atoms with Gasteiger partial charge in [0.25, 0.3) is 0 Å². The first-order valence-corrected chi connectivity index (χ1v) is 6.17. The Labute approximate surface area is 113 Å². The number of anilines is 2. The molecule has 1 heterocycles. The molecule has 1 aromatic heterocycles. The van der Waals surface area contributed by atoms with Crippen molar-refractivity contribution in [3.05, 3.63) is 11.4 Å².